The van der Waals surface area contributed by atoms with Crippen molar-refractivity contribution in [3.63, 3.8) is 0 Å². The van der Waals surface area contributed by atoms with Gasteiger partial charge in [-0.25, -0.2) is 0 Å². The molecule has 0 bridgehead atoms. The summed E-state index contributed by atoms with van der Waals surface area (Å²) in [5, 5.41) is 0. The molecule has 1 rings (SSSR count). The summed E-state index contributed by atoms with van der Waals surface area (Å²) >= 11 is 4.49. The molecule has 0 radical (unpaired) electrons. The van der Waals surface area contributed by atoms with Crippen LogP contribution in [0.15, 0.2) is 0 Å². The van der Waals surface area contributed by atoms with Gasteiger partial charge < -0.3 is 0 Å². The van der Waals surface area contributed by atoms with E-state index >= 15 is 0 Å². The molecule has 0 aliphatic carbocycles. The van der Waals surface area contributed by atoms with Gasteiger partial charge in [-0.3, -0.25) is 4.90 Å². The lowest BCUT2D eigenvalue weighted by Crippen LogP contribution is -2.39. The highest BCUT2D eigenvalue weighted by molar-refractivity contribution is 7.80. The van der Waals surface area contributed by atoms with Crippen LogP contribution in [0.25, 0.3) is 0 Å². The molecule has 1 heterocycles. The van der Waals surface area contributed by atoms with Gasteiger partial charge in [-0.15, -0.1) is 0 Å². The molecule has 0 aromatic carbocycles. The summed E-state index contributed by atoms with van der Waals surface area (Å²) in [6.07, 6.45) is 4.09. The van der Waals surface area contributed by atoms with Crippen molar-refractivity contribution in [1.29, 1.82) is 0 Å². The van der Waals surface area contributed by atoms with Crippen LogP contribution in [0.3, 0.4) is 0 Å². The minimum absolute atomic E-state index is 0.753. The lowest BCUT2D eigenvalue weighted by atomic mass is 9.96. The number of hydrogen-bond donors (Lipinski definition) is 1. The van der Waals surface area contributed by atoms with Crippen LogP contribution in [-0.4, -0.2) is 29.3 Å². The number of likely N-dealkylation sites (tertiary alicyclic amines) is 1. The van der Waals surface area contributed by atoms with E-state index in [4.69, 9.17) is 0 Å². The molecule has 1 nitrogen and oxygen atoms in total. The summed E-state index contributed by atoms with van der Waals surface area (Å²) < 4.78 is 0. The molecule has 0 N–H and O–H groups in total. The summed E-state index contributed by atoms with van der Waals surface area (Å²) in [6, 6.07) is 1.62. The summed E-state index contributed by atoms with van der Waals surface area (Å²) in [7, 11) is 0. The zero-order valence-corrected chi connectivity index (χ0v) is 11.6. The van der Waals surface area contributed by atoms with E-state index in [1.807, 2.05) is 0 Å². The highest BCUT2D eigenvalue weighted by atomic mass is 32.1. The molecule has 90 valence electrons. The maximum absolute atomic E-state index is 4.49. The van der Waals surface area contributed by atoms with Gasteiger partial charge in [0.1, 0.15) is 0 Å². The largest absolute Gasteiger partial charge is 0.297 e. The first-order chi connectivity index (χ1) is 7.10. The van der Waals surface area contributed by atoms with Crippen molar-refractivity contribution in [2.45, 2.75) is 59.0 Å². The molecule has 0 spiro atoms. The molecule has 0 amide bonds. The lowest BCUT2D eigenvalue weighted by molar-refractivity contribution is 0.157. The number of nitrogens with zero attached hydrogens (tertiary/aromatic N) is 1. The third-order valence-corrected chi connectivity index (χ3v) is 4.52. The fourth-order valence-corrected chi connectivity index (χ4v) is 3.18. The molecule has 15 heavy (non-hydrogen) atoms. The molecule has 1 aliphatic heterocycles. The van der Waals surface area contributed by atoms with Gasteiger partial charge in [0.05, 0.1) is 0 Å². The van der Waals surface area contributed by atoms with Crippen LogP contribution in [0.4, 0.5) is 0 Å². The van der Waals surface area contributed by atoms with Crippen molar-refractivity contribution in [2.24, 2.45) is 11.8 Å². The second-order valence-corrected chi connectivity index (χ2v) is 5.74. The van der Waals surface area contributed by atoms with E-state index in [2.05, 4.69) is 45.2 Å². The summed E-state index contributed by atoms with van der Waals surface area (Å²) in [5.41, 5.74) is 0. The monoisotopic (exact) mass is 229 g/mol. The van der Waals surface area contributed by atoms with Crippen LogP contribution in [0.1, 0.15) is 47.0 Å². The zero-order chi connectivity index (χ0) is 11.4. The molecule has 3 atom stereocenters. The van der Waals surface area contributed by atoms with Crippen LogP contribution in [-0.2, 0) is 0 Å². The summed E-state index contributed by atoms with van der Waals surface area (Å²) in [6.45, 7) is 10.6. The minimum Gasteiger partial charge on any atom is -0.297 e. The Morgan fingerprint density at radius 1 is 1.33 bits per heavy atom. The van der Waals surface area contributed by atoms with Gasteiger partial charge in [0.25, 0.3) is 0 Å². The predicted molar refractivity (Wildman–Crippen MR) is 71.7 cm³/mol. The zero-order valence-electron chi connectivity index (χ0n) is 10.7. The Hall–Kier alpha value is 0.310. The SMILES string of the molecule is CCC1CCC(C)N1CC(CS)C(C)C. The second-order valence-electron chi connectivity index (χ2n) is 5.37. The summed E-state index contributed by atoms with van der Waals surface area (Å²) in [4.78, 5) is 2.72. The Kier molecular flexibility index (Phi) is 5.48. The molecule has 0 saturated carbocycles. The fourth-order valence-electron chi connectivity index (χ4n) is 2.64. The fraction of sp³-hybridized carbons (Fsp3) is 1.00. The van der Waals surface area contributed by atoms with Crippen molar-refractivity contribution in [2.75, 3.05) is 12.3 Å². The highest BCUT2D eigenvalue weighted by Gasteiger charge is 2.31. The van der Waals surface area contributed by atoms with Gasteiger partial charge in [0.15, 0.2) is 0 Å². The van der Waals surface area contributed by atoms with E-state index in [-0.39, 0.29) is 0 Å². The van der Waals surface area contributed by atoms with Gasteiger partial charge >= 0.3 is 0 Å². The molecule has 3 unspecified atom stereocenters. The highest BCUT2D eigenvalue weighted by Crippen LogP contribution is 2.28. The van der Waals surface area contributed by atoms with Crippen molar-refractivity contribution in [1.82, 2.24) is 4.90 Å². The molecule has 1 aliphatic rings. The molecule has 0 aromatic heterocycles. The normalized spacial score (nSPS) is 30.0. The average Bonchev–Trinajstić information content (AvgIpc) is 2.55. The van der Waals surface area contributed by atoms with E-state index in [1.165, 1.54) is 25.8 Å². The maximum Gasteiger partial charge on any atom is 0.00961 e. The van der Waals surface area contributed by atoms with Crippen molar-refractivity contribution in [3.05, 3.63) is 0 Å². The topological polar surface area (TPSA) is 3.24 Å². The molecule has 2 heteroatoms. The Bertz CT molecular complexity index is 181. The third-order valence-electron chi connectivity index (χ3n) is 4.05. The first kappa shape index (κ1) is 13.4. The van der Waals surface area contributed by atoms with E-state index in [0.29, 0.717) is 0 Å². The number of hydrogen-bond acceptors (Lipinski definition) is 2. The Morgan fingerprint density at radius 3 is 2.47 bits per heavy atom. The van der Waals surface area contributed by atoms with Crippen molar-refractivity contribution < 1.29 is 0 Å². The summed E-state index contributed by atoms with van der Waals surface area (Å²) in [5.74, 6) is 2.54. The molecular formula is C13H27NS. The van der Waals surface area contributed by atoms with Crippen LogP contribution in [0, 0.1) is 11.8 Å². The van der Waals surface area contributed by atoms with Crippen LogP contribution >= 0.6 is 12.6 Å². The predicted octanol–water partition coefficient (Wildman–Crippen LogP) is 3.45. The van der Waals surface area contributed by atoms with Gasteiger partial charge in [-0.2, -0.15) is 12.6 Å². The number of thiol groups is 1. The third kappa shape index (κ3) is 3.39. The Morgan fingerprint density at radius 2 is 2.00 bits per heavy atom. The standard InChI is InChI=1S/C13H27NS/c1-5-13-7-6-11(4)14(13)8-12(9-15)10(2)3/h10-13,15H,5-9H2,1-4H3. The van der Waals surface area contributed by atoms with Gasteiger partial charge in [-0.05, 0) is 43.8 Å². The van der Waals surface area contributed by atoms with E-state index in [1.54, 1.807) is 0 Å². The smallest absolute Gasteiger partial charge is 0.00961 e. The number of rotatable bonds is 5. The van der Waals surface area contributed by atoms with Gasteiger partial charge in [-0.1, -0.05) is 20.8 Å². The molecule has 0 aromatic rings. The lowest BCUT2D eigenvalue weighted by Gasteiger charge is -2.32. The average molecular weight is 229 g/mol. The maximum atomic E-state index is 4.49. The van der Waals surface area contributed by atoms with Crippen LogP contribution in [0.2, 0.25) is 0 Å². The van der Waals surface area contributed by atoms with E-state index in [0.717, 1.165) is 29.7 Å². The van der Waals surface area contributed by atoms with Gasteiger partial charge in [0.2, 0.25) is 0 Å². The van der Waals surface area contributed by atoms with E-state index in [9.17, 15) is 0 Å². The van der Waals surface area contributed by atoms with E-state index < -0.39 is 0 Å². The van der Waals surface area contributed by atoms with Crippen molar-refractivity contribution in [3.8, 4) is 0 Å². The van der Waals surface area contributed by atoms with Crippen LogP contribution < -0.4 is 0 Å². The first-order valence-electron chi connectivity index (χ1n) is 6.46. The molecule has 1 fully saturated rings. The van der Waals surface area contributed by atoms with Gasteiger partial charge in [0, 0.05) is 18.6 Å². The molecular weight excluding hydrogens is 202 g/mol. The first-order valence-corrected chi connectivity index (χ1v) is 7.10. The van der Waals surface area contributed by atoms with Crippen molar-refractivity contribution >= 4 is 12.6 Å². The molecule has 1 saturated heterocycles. The quantitative estimate of drug-likeness (QED) is 0.707. The van der Waals surface area contributed by atoms with Crippen LogP contribution in [0.5, 0.6) is 0 Å². The second kappa shape index (κ2) is 6.15. The minimum atomic E-state index is 0.753. The Balaban J connectivity index is 2.53. The Labute approximate surface area is 101 Å².